The van der Waals surface area contributed by atoms with Crippen LogP contribution in [0.2, 0.25) is 10.0 Å². The molecule has 0 N–H and O–H groups in total. The number of hydrogen-bond acceptors (Lipinski definition) is 3. The van der Waals surface area contributed by atoms with E-state index < -0.39 is 0 Å². The third-order valence-corrected chi connectivity index (χ3v) is 4.60. The van der Waals surface area contributed by atoms with E-state index in [1.807, 2.05) is 78.2 Å². The molecule has 0 saturated carbocycles. The van der Waals surface area contributed by atoms with Crippen molar-refractivity contribution in [2.75, 3.05) is 11.9 Å². The highest BCUT2D eigenvalue weighted by Gasteiger charge is 2.22. The summed E-state index contributed by atoms with van der Waals surface area (Å²) in [5.74, 6) is 2.22. The lowest BCUT2D eigenvalue weighted by Gasteiger charge is -2.09. The van der Waals surface area contributed by atoms with E-state index >= 15 is 0 Å². The van der Waals surface area contributed by atoms with Crippen LogP contribution in [0.3, 0.4) is 0 Å². The fourth-order valence-corrected chi connectivity index (χ4v) is 3.11. The quantitative estimate of drug-likeness (QED) is 0.606. The molecule has 2 aromatic carbocycles. The number of aryl methyl sites for hydroxylation is 1. The summed E-state index contributed by atoms with van der Waals surface area (Å²) in [4.78, 5) is 1.95. The minimum absolute atomic E-state index is 0. The monoisotopic (exact) mass is 408 g/mol. The Hall–Kier alpha value is -2.14. The van der Waals surface area contributed by atoms with Crippen molar-refractivity contribution in [3.8, 4) is 5.75 Å². The second kappa shape index (κ2) is 7.23. The molecular weight excluding hydrogens is 395 g/mol. The van der Waals surface area contributed by atoms with Gasteiger partial charge in [0.15, 0.2) is 11.6 Å². The van der Waals surface area contributed by atoms with Crippen molar-refractivity contribution in [3.63, 3.8) is 0 Å². The number of benzene rings is 2. The highest BCUT2D eigenvalue weighted by Crippen LogP contribution is 2.39. The van der Waals surface area contributed by atoms with E-state index in [2.05, 4.69) is 0 Å². The molecule has 1 aliphatic rings. The van der Waals surface area contributed by atoms with Crippen LogP contribution in [0.5, 0.6) is 5.75 Å². The van der Waals surface area contributed by atoms with E-state index in [4.69, 9.17) is 32.4 Å². The number of anilines is 1. The predicted molar refractivity (Wildman–Crippen MR) is 100 cm³/mol. The number of nitrogens with zero attached hydrogens (tertiary/aromatic N) is 2. The van der Waals surface area contributed by atoms with Gasteiger partial charge in [0.2, 0.25) is 5.58 Å². The molecule has 0 bridgehead atoms. The molecule has 0 saturated heterocycles. The maximum Gasteiger partial charge on any atom is 0.373 e. The van der Waals surface area contributed by atoms with Crippen molar-refractivity contribution in [2.24, 2.45) is 7.05 Å². The molecule has 0 atom stereocenters. The van der Waals surface area contributed by atoms with E-state index in [9.17, 15) is 0 Å². The molecular formula is C19H15Cl3N2O2. The molecule has 1 aromatic heterocycles. The molecule has 4 nitrogen and oxygen atoms in total. The summed E-state index contributed by atoms with van der Waals surface area (Å²) in [5, 5.41) is 1.36. The predicted octanol–water partition coefficient (Wildman–Crippen LogP) is 1.95. The number of rotatable bonds is 2. The molecule has 0 unspecified atom stereocenters. The molecule has 0 aliphatic carbocycles. The number of ether oxygens (including phenoxy) is 1. The van der Waals surface area contributed by atoms with Crippen molar-refractivity contribution >= 4 is 46.1 Å². The van der Waals surface area contributed by atoms with E-state index in [1.54, 1.807) is 0 Å². The first kappa shape index (κ1) is 18.6. The van der Waals surface area contributed by atoms with Crippen molar-refractivity contribution in [1.82, 2.24) is 0 Å². The number of aromatic nitrogens is 1. The summed E-state index contributed by atoms with van der Waals surface area (Å²) >= 11 is 12.1. The van der Waals surface area contributed by atoms with E-state index in [0.717, 1.165) is 34.3 Å². The van der Waals surface area contributed by atoms with E-state index in [0.29, 0.717) is 10.0 Å². The van der Waals surface area contributed by atoms with Gasteiger partial charge >= 0.3 is 5.89 Å². The average molecular weight is 410 g/mol. The molecule has 0 amide bonds. The second-order valence-corrected chi connectivity index (χ2v) is 6.62. The highest BCUT2D eigenvalue weighted by molar-refractivity contribution is 6.31. The molecule has 134 valence electrons. The Morgan fingerprint density at radius 3 is 2.62 bits per heavy atom. The average Bonchev–Trinajstić information content (AvgIpc) is 3.06. The number of hydrogen-bond donors (Lipinski definition) is 0. The van der Waals surface area contributed by atoms with Crippen LogP contribution in [0.1, 0.15) is 5.89 Å². The smallest absolute Gasteiger partial charge is 0.373 e. The topological polar surface area (TPSA) is 29.5 Å². The van der Waals surface area contributed by atoms with Gasteiger partial charge in [-0.05, 0) is 42.5 Å². The standard InChI is InChI=1S/C19H15Cl2N2O2.ClH/c1-22-14-10-12(20)6-8-16(14)24-18(22)4-3-5-19-23(2)15-11-13(21)7-9-17(15)25-19;/h3-11H,1-2H3;1H/q+1;/p-1. The number of halogens is 3. The third-order valence-electron chi connectivity index (χ3n) is 4.13. The maximum atomic E-state index is 6.05. The fourth-order valence-electron chi connectivity index (χ4n) is 2.78. The van der Waals surface area contributed by atoms with Crippen molar-refractivity contribution in [2.45, 2.75) is 0 Å². The first-order valence-electron chi connectivity index (χ1n) is 7.70. The summed E-state index contributed by atoms with van der Waals surface area (Å²) in [6.45, 7) is 0. The lowest BCUT2D eigenvalue weighted by molar-refractivity contribution is -0.652. The molecule has 7 heteroatoms. The van der Waals surface area contributed by atoms with Crippen molar-refractivity contribution in [1.29, 1.82) is 0 Å². The van der Waals surface area contributed by atoms with Gasteiger partial charge in [-0.2, -0.15) is 4.57 Å². The molecule has 0 fully saturated rings. The molecule has 26 heavy (non-hydrogen) atoms. The SMILES string of the molecule is CN1/C(=C/C=C/c2oc3ccc(Cl)cc3[n+]2C)Oc2ccc(Cl)cc21.[Cl-]. The minimum Gasteiger partial charge on any atom is -1.00 e. The Balaban J connectivity index is 0.00000196. The van der Waals surface area contributed by atoms with Gasteiger partial charge in [-0.15, -0.1) is 0 Å². The summed E-state index contributed by atoms with van der Waals surface area (Å²) in [5.41, 5.74) is 2.67. The van der Waals surface area contributed by atoms with Crippen LogP contribution in [-0.2, 0) is 7.05 Å². The van der Waals surface area contributed by atoms with E-state index in [1.165, 1.54) is 0 Å². The Labute approximate surface area is 167 Å². The maximum absolute atomic E-state index is 6.05. The number of fused-ring (bicyclic) bond motifs is 2. The molecule has 0 radical (unpaired) electrons. The largest absolute Gasteiger partial charge is 1.00 e. The van der Waals surface area contributed by atoms with Gasteiger partial charge in [-0.1, -0.05) is 23.2 Å². The Morgan fingerprint density at radius 2 is 1.81 bits per heavy atom. The van der Waals surface area contributed by atoms with Crippen LogP contribution in [0.4, 0.5) is 5.69 Å². The number of allylic oxidation sites excluding steroid dienone is 2. The molecule has 2 heterocycles. The van der Waals surface area contributed by atoms with Crippen LogP contribution >= 0.6 is 23.2 Å². The summed E-state index contributed by atoms with van der Waals surface area (Å²) in [6.07, 6.45) is 5.65. The van der Waals surface area contributed by atoms with Crippen LogP contribution in [0, 0.1) is 0 Å². The zero-order valence-corrected chi connectivity index (χ0v) is 16.3. The first-order valence-corrected chi connectivity index (χ1v) is 8.46. The van der Waals surface area contributed by atoms with Gasteiger partial charge in [0.05, 0.1) is 11.8 Å². The zero-order chi connectivity index (χ0) is 17.6. The fraction of sp³-hybridized carbons (Fsp3) is 0.105. The van der Waals surface area contributed by atoms with E-state index in [-0.39, 0.29) is 12.4 Å². The van der Waals surface area contributed by atoms with Gasteiger partial charge in [-0.25, -0.2) is 0 Å². The Morgan fingerprint density at radius 1 is 1.08 bits per heavy atom. The number of oxazole rings is 1. The van der Waals surface area contributed by atoms with Gasteiger partial charge in [0.1, 0.15) is 7.05 Å². The summed E-state index contributed by atoms with van der Waals surface area (Å²) in [7, 11) is 3.87. The zero-order valence-electron chi connectivity index (χ0n) is 14.0. The normalized spacial score (nSPS) is 14.8. The Bertz CT molecular complexity index is 1040. The van der Waals surface area contributed by atoms with Gasteiger partial charge < -0.3 is 26.5 Å². The second-order valence-electron chi connectivity index (χ2n) is 5.75. The highest BCUT2D eigenvalue weighted by atomic mass is 35.5. The lowest BCUT2D eigenvalue weighted by Crippen LogP contribution is -3.00. The van der Waals surface area contributed by atoms with Gasteiger partial charge in [-0.3, -0.25) is 0 Å². The molecule has 3 aromatic rings. The third kappa shape index (κ3) is 3.28. The first-order chi connectivity index (χ1) is 12.0. The minimum atomic E-state index is 0. The van der Waals surface area contributed by atoms with Gasteiger partial charge in [0.25, 0.3) is 5.52 Å². The van der Waals surface area contributed by atoms with Crippen LogP contribution in [0.15, 0.2) is 58.9 Å². The van der Waals surface area contributed by atoms with Crippen LogP contribution < -0.4 is 26.6 Å². The Kier molecular flexibility index (Phi) is 5.19. The lowest BCUT2D eigenvalue weighted by atomic mass is 10.3. The molecule has 4 rings (SSSR count). The summed E-state index contributed by atoms with van der Waals surface area (Å²) < 4.78 is 13.6. The van der Waals surface area contributed by atoms with Crippen molar-refractivity contribution in [3.05, 3.63) is 70.4 Å². The summed E-state index contributed by atoms with van der Waals surface area (Å²) in [6, 6.07) is 11.1. The molecule has 0 spiro atoms. The molecule has 1 aliphatic heterocycles. The van der Waals surface area contributed by atoms with Crippen LogP contribution in [-0.4, -0.2) is 7.05 Å². The van der Waals surface area contributed by atoms with Crippen LogP contribution in [0.25, 0.3) is 17.2 Å². The van der Waals surface area contributed by atoms with Crippen molar-refractivity contribution < 1.29 is 26.1 Å². The van der Waals surface area contributed by atoms with Gasteiger partial charge in [0, 0.05) is 23.2 Å².